The summed E-state index contributed by atoms with van der Waals surface area (Å²) in [5.41, 5.74) is 1.30. The summed E-state index contributed by atoms with van der Waals surface area (Å²) < 4.78 is 5.88. The molecule has 5 rings (SSSR count). The van der Waals surface area contributed by atoms with E-state index in [2.05, 4.69) is 4.98 Å². The van der Waals surface area contributed by atoms with Gasteiger partial charge >= 0.3 is 0 Å². The Morgan fingerprint density at radius 1 is 0.929 bits per heavy atom. The largest absolute Gasteiger partial charge is 0.450 e. The molecule has 0 aliphatic carbocycles. The Hall–Kier alpha value is -3.44. The number of amides is 1. The van der Waals surface area contributed by atoms with Gasteiger partial charge in [-0.15, -0.1) is 0 Å². The summed E-state index contributed by atoms with van der Waals surface area (Å²) in [4.78, 5) is 32.4. The summed E-state index contributed by atoms with van der Waals surface area (Å²) >= 11 is 5.96. The van der Waals surface area contributed by atoms with E-state index < -0.39 is 11.9 Å². The molecule has 6 heteroatoms. The number of nitrogens with zero attached hydrogens (tertiary/aromatic N) is 2. The Bertz CT molecular complexity index is 1270. The highest BCUT2D eigenvalue weighted by Crippen LogP contribution is 2.40. The lowest BCUT2D eigenvalue weighted by Crippen LogP contribution is -2.30. The third-order valence-electron chi connectivity index (χ3n) is 4.85. The average Bonchev–Trinajstić information content (AvgIpc) is 3.02. The lowest BCUT2D eigenvalue weighted by atomic mass is 9.98. The second-order valence-corrected chi connectivity index (χ2v) is 6.93. The van der Waals surface area contributed by atoms with E-state index in [1.807, 2.05) is 30.3 Å². The van der Waals surface area contributed by atoms with Crippen LogP contribution in [0, 0.1) is 0 Å². The number of aromatic nitrogens is 1. The van der Waals surface area contributed by atoms with Crippen molar-refractivity contribution in [3.63, 3.8) is 0 Å². The highest BCUT2D eigenvalue weighted by Gasteiger charge is 2.44. The molecular formula is C22H13ClN2O3. The SMILES string of the molecule is O=C1c2oc3ccccc3c(=O)c2[C@@H](c2ccccc2)N1c1ccc(Cl)cn1. The van der Waals surface area contributed by atoms with Gasteiger partial charge in [-0.25, -0.2) is 4.98 Å². The third-order valence-corrected chi connectivity index (χ3v) is 5.08. The topological polar surface area (TPSA) is 63.4 Å². The van der Waals surface area contributed by atoms with E-state index in [-0.39, 0.29) is 11.2 Å². The van der Waals surface area contributed by atoms with Crippen LogP contribution >= 0.6 is 11.6 Å². The van der Waals surface area contributed by atoms with Crippen molar-refractivity contribution in [1.29, 1.82) is 0 Å². The monoisotopic (exact) mass is 388 g/mol. The Morgan fingerprint density at radius 2 is 1.68 bits per heavy atom. The number of halogens is 1. The molecule has 136 valence electrons. The van der Waals surface area contributed by atoms with Crippen LogP contribution in [-0.2, 0) is 0 Å². The van der Waals surface area contributed by atoms with Gasteiger partial charge in [0.1, 0.15) is 11.4 Å². The molecule has 0 bridgehead atoms. The average molecular weight is 389 g/mol. The number of fused-ring (bicyclic) bond motifs is 2. The van der Waals surface area contributed by atoms with E-state index in [4.69, 9.17) is 16.0 Å². The number of hydrogen-bond donors (Lipinski definition) is 0. The highest BCUT2D eigenvalue weighted by atomic mass is 35.5. The predicted octanol–water partition coefficient (Wildman–Crippen LogP) is 4.59. The Balaban J connectivity index is 1.82. The fraction of sp³-hybridized carbons (Fsp3) is 0.0455. The van der Waals surface area contributed by atoms with Crippen LogP contribution in [0.3, 0.4) is 0 Å². The highest BCUT2D eigenvalue weighted by molar-refractivity contribution is 6.30. The second kappa shape index (κ2) is 6.32. The summed E-state index contributed by atoms with van der Waals surface area (Å²) in [5.74, 6) is 0.0499. The molecule has 0 N–H and O–H groups in total. The third kappa shape index (κ3) is 2.44. The molecule has 1 amide bonds. The Morgan fingerprint density at radius 3 is 2.43 bits per heavy atom. The summed E-state index contributed by atoms with van der Waals surface area (Å²) in [6.07, 6.45) is 1.47. The lowest BCUT2D eigenvalue weighted by molar-refractivity contribution is 0.0970. The maximum absolute atomic E-state index is 13.3. The molecule has 0 spiro atoms. The van der Waals surface area contributed by atoms with Gasteiger partial charge in [-0.3, -0.25) is 14.5 Å². The standard InChI is InChI=1S/C22H13ClN2O3/c23-14-10-11-17(24-12-14)25-19(13-6-2-1-3-7-13)18-20(26)15-8-4-5-9-16(15)28-21(18)22(25)27/h1-12,19H/t19-/m1/s1. The molecular weight excluding hydrogens is 376 g/mol. The van der Waals surface area contributed by atoms with Gasteiger partial charge in [0.15, 0.2) is 5.43 Å². The smallest absolute Gasteiger partial charge is 0.296 e. The molecule has 0 saturated heterocycles. The zero-order valence-corrected chi connectivity index (χ0v) is 15.3. The van der Waals surface area contributed by atoms with Gasteiger partial charge in [0.2, 0.25) is 5.76 Å². The first-order valence-corrected chi connectivity index (χ1v) is 9.09. The van der Waals surface area contributed by atoms with Gasteiger partial charge < -0.3 is 4.42 Å². The van der Waals surface area contributed by atoms with Crippen molar-refractivity contribution in [1.82, 2.24) is 4.98 Å². The number of carbonyl (C=O) groups is 1. The predicted molar refractivity (Wildman–Crippen MR) is 107 cm³/mol. The van der Waals surface area contributed by atoms with Crippen LogP contribution in [0.1, 0.15) is 27.7 Å². The quantitative estimate of drug-likeness (QED) is 0.503. The molecule has 0 unspecified atom stereocenters. The molecule has 1 aliphatic heterocycles. The zero-order chi connectivity index (χ0) is 19.3. The number of carbonyl (C=O) groups excluding carboxylic acids is 1. The molecule has 0 radical (unpaired) electrons. The second-order valence-electron chi connectivity index (χ2n) is 6.49. The van der Waals surface area contributed by atoms with Crippen LogP contribution in [0.25, 0.3) is 11.0 Å². The normalized spacial score (nSPS) is 15.8. The number of hydrogen-bond acceptors (Lipinski definition) is 4. The minimum atomic E-state index is -0.627. The van der Waals surface area contributed by atoms with E-state index in [0.29, 0.717) is 27.4 Å². The van der Waals surface area contributed by atoms with Gasteiger partial charge in [0, 0.05) is 6.20 Å². The van der Waals surface area contributed by atoms with E-state index in [0.717, 1.165) is 5.56 Å². The zero-order valence-electron chi connectivity index (χ0n) is 14.5. The fourth-order valence-corrected chi connectivity index (χ4v) is 3.73. The van der Waals surface area contributed by atoms with Crippen molar-refractivity contribution in [3.8, 4) is 0 Å². The van der Waals surface area contributed by atoms with E-state index in [1.165, 1.54) is 11.1 Å². The van der Waals surface area contributed by atoms with Crippen molar-refractivity contribution < 1.29 is 9.21 Å². The van der Waals surface area contributed by atoms with Gasteiger partial charge in [-0.1, -0.05) is 54.1 Å². The maximum atomic E-state index is 13.3. The molecule has 3 heterocycles. The molecule has 28 heavy (non-hydrogen) atoms. The molecule has 1 aliphatic rings. The molecule has 1 atom stereocenters. The van der Waals surface area contributed by atoms with E-state index in [1.54, 1.807) is 36.4 Å². The van der Waals surface area contributed by atoms with Crippen LogP contribution in [0.2, 0.25) is 5.02 Å². The molecule has 0 saturated carbocycles. The van der Waals surface area contributed by atoms with Gasteiger partial charge in [0.05, 0.1) is 22.0 Å². The van der Waals surface area contributed by atoms with Crippen LogP contribution in [-0.4, -0.2) is 10.9 Å². The first-order chi connectivity index (χ1) is 13.6. The van der Waals surface area contributed by atoms with Crippen LogP contribution in [0.15, 0.2) is 82.1 Å². The first kappa shape index (κ1) is 16.7. The molecule has 4 aromatic rings. The number of anilines is 1. The molecule has 5 nitrogen and oxygen atoms in total. The van der Waals surface area contributed by atoms with Crippen molar-refractivity contribution in [2.75, 3.05) is 4.90 Å². The van der Waals surface area contributed by atoms with E-state index >= 15 is 0 Å². The lowest BCUT2D eigenvalue weighted by Gasteiger charge is -2.24. The van der Waals surface area contributed by atoms with Crippen molar-refractivity contribution in [2.24, 2.45) is 0 Å². The molecule has 2 aromatic carbocycles. The first-order valence-electron chi connectivity index (χ1n) is 8.71. The van der Waals surface area contributed by atoms with Crippen molar-refractivity contribution >= 4 is 34.3 Å². The number of benzene rings is 2. The molecule has 2 aromatic heterocycles. The summed E-state index contributed by atoms with van der Waals surface area (Å²) in [6.45, 7) is 0. The Labute approximate surface area is 164 Å². The van der Waals surface area contributed by atoms with Crippen LogP contribution in [0.4, 0.5) is 5.82 Å². The van der Waals surface area contributed by atoms with Crippen LogP contribution < -0.4 is 10.3 Å². The fourth-order valence-electron chi connectivity index (χ4n) is 3.62. The minimum Gasteiger partial charge on any atom is -0.450 e. The number of para-hydroxylation sites is 1. The summed E-state index contributed by atoms with van der Waals surface area (Å²) in [6, 6.07) is 19.0. The Kier molecular flexibility index (Phi) is 3.77. The van der Waals surface area contributed by atoms with Crippen LogP contribution in [0.5, 0.6) is 0 Å². The van der Waals surface area contributed by atoms with Gasteiger partial charge in [-0.2, -0.15) is 0 Å². The maximum Gasteiger partial charge on any atom is 0.296 e. The summed E-state index contributed by atoms with van der Waals surface area (Å²) in [7, 11) is 0. The van der Waals surface area contributed by atoms with Gasteiger partial charge in [0.25, 0.3) is 5.91 Å². The molecule has 0 fully saturated rings. The number of pyridine rings is 1. The number of rotatable bonds is 2. The van der Waals surface area contributed by atoms with E-state index in [9.17, 15) is 9.59 Å². The minimum absolute atomic E-state index is 0.0503. The van der Waals surface area contributed by atoms with Crippen molar-refractivity contribution in [2.45, 2.75) is 6.04 Å². The summed E-state index contributed by atoms with van der Waals surface area (Å²) in [5, 5.41) is 0.907. The van der Waals surface area contributed by atoms with Crippen molar-refractivity contribution in [3.05, 3.63) is 105 Å². The van der Waals surface area contributed by atoms with Gasteiger partial charge in [-0.05, 0) is 29.8 Å².